The maximum Gasteiger partial charge on any atom is 0.336 e. The van der Waals surface area contributed by atoms with Gasteiger partial charge in [0.15, 0.2) is 0 Å². The van der Waals surface area contributed by atoms with E-state index in [1.807, 2.05) is 36.4 Å². The molecule has 1 N–H and O–H groups in total. The molecular weight excluding hydrogens is 188 g/mol. The van der Waals surface area contributed by atoms with E-state index >= 15 is 0 Å². The summed E-state index contributed by atoms with van der Waals surface area (Å²) >= 11 is 0. The standard InChI is InChI=1S/C13H9O2/c14-13(15)12-8-4-7-11(9-12)10-5-2-1-3-6-10/h1-7,9H,(H,14,15). The molecule has 2 heteroatoms. The van der Waals surface area contributed by atoms with Crippen LogP contribution in [0.25, 0.3) is 11.1 Å². The Hall–Kier alpha value is -2.09. The van der Waals surface area contributed by atoms with Crippen molar-refractivity contribution in [1.82, 2.24) is 0 Å². The number of hydrogen-bond acceptors (Lipinski definition) is 1. The van der Waals surface area contributed by atoms with Gasteiger partial charge in [-0.25, -0.2) is 4.79 Å². The molecule has 0 aliphatic carbocycles. The van der Waals surface area contributed by atoms with Gasteiger partial charge in [-0.2, -0.15) is 0 Å². The van der Waals surface area contributed by atoms with Gasteiger partial charge in [0, 0.05) is 0 Å². The van der Waals surface area contributed by atoms with Crippen LogP contribution in [0.2, 0.25) is 0 Å². The van der Waals surface area contributed by atoms with Gasteiger partial charge in [-0.1, -0.05) is 42.5 Å². The van der Waals surface area contributed by atoms with Crippen molar-refractivity contribution in [2.24, 2.45) is 0 Å². The molecule has 2 aromatic carbocycles. The molecule has 1 radical (unpaired) electrons. The molecule has 0 aliphatic rings. The molecule has 2 rings (SSSR count). The SMILES string of the molecule is O=C(O)c1[c]ccc(-c2ccccc2)c1. The largest absolute Gasteiger partial charge is 0.478 e. The summed E-state index contributed by atoms with van der Waals surface area (Å²) in [5.41, 5.74) is 2.09. The average Bonchev–Trinajstić information content (AvgIpc) is 2.30. The van der Waals surface area contributed by atoms with E-state index in [9.17, 15) is 4.79 Å². The summed E-state index contributed by atoms with van der Waals surface area (Å²) in [5.74, 6) is -0.951. The van der Waals surface area contributed by atoms with Crippen LogP contribution in [0.1, 0.15) is 10.4 Å². The Kier molecular flexibility index (Phi) is 2.50. The van der Waals surface area contributed by atoms with Crippen LogP contribution in [0.5, 0.6) is 0 Å². The third kappa shape index (κ3) is 2.05. The number of carboxylic acids is 1. The molecular formula is C13H9O2. The first-order valence-corrected chi connectivity index (χ1v) is 4.58. The monoisotopic (exact) mass is 197 g/mol. The molecule has 0 aliphatic heterocycles. The topological polar surface area (TPSA) is 37.3 Å². The highest BCUT2D eigenvalue weighted by Gasteiger charge is 2.04. The molecule has 0 fully saturated rings. The zero-order valence-corrected chi connectivity index (χ0v) is 7.97. The van der Waals surface area contributed by atoms with Gasteiger partial charge in [0.2, 0.25) is 0 Å². The smallest absolute Gasteiger partial charge is 0.336 e. The zero-order valence-electron chi connectivity index (χ0n) is 7.97. The number of aromatic carboxylic acids is 1. The minimum Gasteiger partial charge on any atom is -0.478 e. The van der Waals surface area contributed by atoms with Gasteiger partial charge in [0.25, 0.3) is 0 Å². The summed E-state index contributed by atoms with van der Waals surface area (Å²) < 4.78 is 0. The summed E-state index contributed by atoms with van der Waals surface area (Å²) in [6.45, 7) is 0. The Morgan fingerprint density at radius 1 is 1.07 bits per heavy atom. The maximum absolute atomic E-state index is 10.8. The van der Waals surface area contributed by atoms with E-state index < -0.39 is 5.97 Å². The van der Waals surface area contributed by atoms with Crippen molar-refractivity contribution in [3.63, 3.8) is 0 Å². The molecule has 0 atom stereocenters. The van der Waals surface area contributed by atoms with Gasteiger partial charge in [0.05, 0.1) is 5.56 Å². The van der Waals surface area contributed by atoms with Gasteiger partial charge in [0.1, 0.15) is 0 Å². The Bertz CT molecular complexity index is 475. The van der Waals surface area contributed by atoms with Crippen LogP contribution in [0.3, 0.4) is 0 Å². The maximum atomic E-state index is 10.8. The molecule has 15 heavy (non-hydrogen) atoms. The second kappa shape index (κ2) is 3.96. The van der Waals surface area contributed by atoms with E-state index in [2.05, 4.69) is 6.07 Å². The van der Waals surface area contributed by atoms with Crippen LogP contribution in [0.15, 0.2) is 48.5 Å². The first-order chi connectivity index (χ1) is 7.27. The normalized spacial score (nSPS) is 9.87. The summed E-state index contributed by atoms with van der Waals surface area (Å²) in [5, 5.41) is 8.82. The van der Waals surface area contributed by atoms with Crippen molar-refractivity contribution < 1.29 is 9.90 Å². The minimum atomic E-state index is -0.951. The van der Waals surface area contributed by atoms with Gasteiger partial charge in [-0.15, -0.1) is 0 Å². The summed E-state index contributed by atoms with van der Waals surface area (Å²) in [4.78, 5) is 10.8. The first kappa shape index (κ1) is 9.46. The van der Waals surface area contributed by atoms with Crippen LogP contribution >= 0.6 is 0 Å². The Balaban J connectivity index is 2.46. The lowest BCUT2D eigenvalue weighted by molar-refractivity contribution is 0.0696. The molecule has 0 unspecified atom stereocenters. The summed E-state index contributed by atoms with van der Waals surface area (Å²) in [6.07, 6.45) is 0. The van der Waals surface area contributed by atoms with Crippen molar-refractivity contribution in [3.05, 3.63) is 60.2 Å². The van der Waals surface area contributed by atoms with E-state index in [0.717, 1.165) is 11.1 Å². The molecule has 0 heterocycles. The van der Waals surface area contributed by atoms with E-state index in [4.69, 9.17) is 5.11 Å². The molecule has 2 aromatic rings. The van der Waals surface area contributed by atoms with E-state index in [-0.39, 0.29) is 5.56 Å². The predicted molar refractivity (Wildman–Crippen MR) is 57.7 cm³/mol. The summed E-state index contributed by atoms with van der Waals surface area (Å²) in [7, 11) is 0. The fourth-order valence-corrected chi connectivity index (χ4v) is 1.40. The molecule has 0 bridgehead atoms. The molecule has 73 valence electrons. The number of carboxylic acid groups (broad SMARTS) is 1. The number of benzene rings is 2. The zero-order chi connectivity index (χ0) is 10.7. The van der Waals surface area contributed by atoms with E-state index in [1.165, 1.54) is 0 Å². The van der Waals surface area contributed by atoms with Gasteiger partial charge in [-0.3, -0.25) is 0 Å². The third-order valence-corrected chi connectivity index (χ3v) is 2.14. The average molecular weight is 197 g/mol. The Morgan fingerprint density at radius 3 is 2.47 bits per heavy atom. The van der Waals surface area contributed by atoms with E-state index in [1.54, 1.807) is 12.1 Å². The number of carbonyl (C=O) groups is 1. The lowest BCUT2D eigenvalue weighted by atomic mass is 10.0. The Labute approximate surface area is 87.8 Å². The predicted octanol–water partition coefficient (Wildman–Crippen LogP) is 2.85. The van der Waals surface area contributed by atoms with Crippen molar-refractivity contribution in [3.8, 4) is 11.1 Å². The molecule has 0 saturated heterocycles. The second-order valence-corrected chi connectivity index (χ2v) is 3.16. The van der Waals surface area contributed by atoms with E-state index in [0.29, 0.717) is 0 Å². The molecule has 0 amide bonds. The molecule has 0 aromatic heterocycles. The Morgan fingerprint density at radius 2 is 1.80 bits per heavy atom. The van der Waals surface area contributed by atoms with Crippen LogP contribution in [-0.2, 0) is 0 Å². The number of hydrogen-bond donors (Lipinski definition) is 1. The van der Waals surface area contributed by atoms with Crippen molar-refractivity contribution in [2.45, 2.75) is 0 Å². The highest BCUT2D eigenvalue weighted by molar-refractivity contribution is 5.89. The second-order valence-electron chi connectivity index (χ2n) is 3.16. The van der Waals surface area contributed by atoms with Crippen LogP contribution in [0, 0.1) is 6.07 Å². The number of rotatable bonds is 2. The molecule has 0 saturated carbocycles. The molecule has 2 nitrogen and oxygen atoms in total. The summed E-state index contributed by atoms with van der Waals surface area (Å²) in [6, 6.07) is 17.4. The fourth-order valence-electron chi connectivity index (χ4n) is 1.40. The van der Waals surface area contributed by atoms with Crippen molar-refractivity contribution >= 4 is 5.97 Å². The van der Waals surface area contributed by atoms with Gasteiger partial charge in [-0.05, 0) is 23.3 Å². The quantitative estimate of drug-likeness (QED) is 0.803. The fraction of sp³-hybridized carbons (Fsp3) is 0. The van der Waals surface area contributed by atoms with Crippen LogP contribution in [-0.4, -0.2) is 11.1 Å². The molecule has 0 spiro atoms. The lowest BCUT2D eigenvalue weighted by Crippen LogP contribution is -1.95. The van der Waals surface area contributed by atoms with Crippen molar-refractivity contribution in [2.75, 3.05) is 0 Å². The van der Waals surface area contributed by atoms with Gasteiger partial charge < -0.3 is 5.11 Å². The highest BCUT2D eigenvalue weighted by Crippen LogP contribution is 2.19. The van der Waals surface area contributed by atoms with Crippen LogP contribution in [0.4, 0.5) is 0 Å². The highest BCUT2D eigenvalue weighted by atomic mass is 16.4. The van der Waals surface area contributed by atoms with Crippen molar-refractivity contribution in [1.29, 1.82) is 0 Å². The third-order valence-electron chi connectivity index (χ3n) is 2.14. The minimum absolute atomic E-state index is 0.191. The van der Waals surface area contributed by atoms with Crippen LogP contribution < -0.4 is 0 Å². The lowest BCUT2D eigenvalue weighted by Gasteiger charge is -2.01. The first-order valence-electron chi connectivity index (χ1n) is 4.58. The van der Waals surface area contributed by atoms with Gasteiger partial charge >= 0.3 is 5.97 Å².